The number of benzene rings is 1. The molecule has 0 aliphatic rings. The number of furan rings is 1. The maximum atomic E-state index is 12.8. The summed E-state index contributed by atoms with van der Waals surface area (Å²) in [5.41, 5.74) is -0.235. The molecule has 130 valence electrons. The zero-order valence-electron chi connectivity index (χ0n) is 14.4. The number of aliphatic hydroxyl groups is 1. The molecule has 6 nitrogen and oxygen atoms in total. The van der Waals surface area contributed by atoms with E-state index in [0.717, 1.165) is 0 Å². The Morgan fingerprint density at radius 2 is 2.08 bits per heavy atom. The van der Waals surface area contributed by atoms with E-state index in [1.807, 2.05) is 24.3 Å². The SMILES string of the molecule is COc1cnc2ccccc2c1C(=O)NC[C@@](C)(O)c1ccc(C)o1. The Balaban J connectivity index is 1.87. The van der Waals surface area contributed by atoms with Gasteiger partial charge in [-0.05, 0) is 32.0 Å². The van der Waals surface area contributed by atoms with Crippen molar-refractivity contribution in [2.24, 2.45) is 0 Å². The number of aryl methyl sites for hydroxylation is 1. The zero-order chi connectivity index (χ0) is 18.0. The third-order valence-electron chi connectivity index (χ3n) is 4.05. The molecular formula is C19H20N2O4. The first-order valence-corrected chi connectivity index (χ1v) is 7.91. The topological polar surface area (TPSA) is 84.6 Å². The molecule has 0 saturated heterocycles. The Bertz CT molecular complexity index is 915. The summed E-state index contributed by atoms with van der Waals surface area (Å²) in [6.07, 6.45) is 1.52. The summed E-state index contributed by atoms with van der Waals surface area (Å²) in [5, 5.41) is 14.0. The molecule has 0 spiro atoms. The van der Waals surface area contributed by atoms with E-state index in [4.69, 9.17) is 9.15 Å². The van der Waals surface area contributed by atoms with Crippen molar-refractivity contribution in [1.82, 2.24) is 10.3 Å². The Morgan fingerprint density at radius 1 is 1.32 bits per heavy atom. The molecule has 0 aliphatic heterocycles. The number of fused-ring (bicyclic) bond motifs is 1. The van der Waals surface area contributed by atoms with E-state index in [-0.39, 0.29) is 12.5 Å². The lowest BCUT2D eigenvalue weighted by molar-refractivity contribution is 0.0323. The van der Waals surface area contributed by atoms with Crippen LogP contribution in [0.15, 0.2) is 47.0 Å². The third-order valence-corrected chi connectivity index (χ3v) is 4.05. The van der Waals surface area contributed by atoms with Crippen molar-refractivity contribution in [1.29, 1.82) is 0 Å². The van der Waals surface area contributed by atoms with Crippen molar-refractivity contribution < 1.29 is 19.1 Å². The molecule has 0 fully saturated rings. The van der Waals surface area contributed by atoms with Gasteiger partial charge in [-0.1, -0.05) is 18.2 Å². The number of hydrogen-bond donors (Lipinski definition) is 2. The van der Waals surface area contributed by atoms with Gasteiger partial charge in [-0.15, -0.1) is 0 Å². The van der Waals surface area contributed by atoms with Gasteiger partial charge in [-0.3, -0.25) is 9.78 Å². The number of pyridine rings is 1. The number of aromatic nitrogens is 1. The van der Waals surface area contributed by atoms with Gasteiger partial charge in [0.15, 0.2) is 5.75 Å². The summed E-state index contributed by atoms with van der Waals surface area (Å²) in [4.78, 5) is 17.0. The standard InChI is InChI=1S/C19H20N2O4/c1-12-8-9-16(25-12)19(2,23)11-21-18(22)17-13-6-4-5-7-14(13)20-10-15(17)24-3/h4-10,23H,11H2,1-3H3,(H,21,22)/t19-/m1/s1. The lowest BCUT2D eigenvalue weighted by atomic mass is 10.0. The van der Waals surface area contributed by atoms with Crippen LogP contribution in [0, 0.1) is 6.92 Å². The second-order valence-corrected chi connectivity index (χ2v) is 6.09. The summed E-state index contributed by atoms with van der Waals surface area (Å²) in [5.74, 6) is 1.13. The zero-order valence-corrected chi connectivity index (χ0v) is 14.4. The molecule has 2 heterocycles. The van der Waals surface area contributed by atoms with Crippen LogP contribution in [0.25, 0.3) is 10.9 Å². The minimum Gasteiger partial charge on any atom is -0.494 e. The van der Waals surface area contributed by atoms with Gasteiger partial charge in [-0.25, -0.2) is 0 Å². The fourth-order valence-corrected chi connectivity index (χ4v) is 2.66. The van der Waals surface area contributed by atoms with Crippen LogP contribution in [0.3, 0.4) is 0 Å². The van der Waals surface area contributed by atoms with Gasteiger partial charge in [0.05, 0.1) is 30.9 Å². The van der Waals surface area contributed by atoms with Crippen LogP contribution in [0.1, 0.15) is 28.8 Å². The number of nitrogens with one attached hydrogen (secondary N) is 1. The number of nitrogens with zero attached hydrogens (tertiary/aromatic N) is 1. The number of amides is 1. The number of carbonyl (C=O) groups is 1. The second kappa shape index (κ2) is 6.57. The monoisotopic (exact) mass is 340 g/mol. The molecule has 0 unspecified atom stereocenters. The fraction of sp³-hybridized carbons (Fsp3) is 0.263. The predicted molar refractivity (Wildman–Crippen MR) is 93.6 cm³/mol. The quantitative estimate of drug-likeness (QED) is 0.746. The molecule has 0 radical (unpaired) electrons. The molecule has 0 bridgehead atoms. The van der Waals surface area contributed by atoms with E-state index in [1.165, 1.54) is 13.3 Å². The maximum absolute atomic E-state index is 12.8. The predicted octanol–water partition coefficient (Wildman–Crippen LogP) is 2.78. The Morgan fingerprint density at radius 3 is 2.76 bits per heavy atom. The fourth-order valence-electron chi connectivity index (χ4n) is 2.66. The number of carbonyl (C=O) groups excluding carboxylic acids is 1. The average molecular weight is 340 g/mol. The van der Waals surface area contributed by atoms with Gasteiger partial charge in [0.1, 0.15) is 17.1 Å². The van der Waals surface area contributed by atoms with Gasteiger partial charge in [0.2, 0.25) is 0 Å². The first-order valence-electron chi connectivity index (χ1n) is 7.91. The number of methoxy groups -OCH3 is 1. The normalized spacial score (nSPS) is 13.4. The highest BCUT2D eigenvalue weighted by Gasteiger charge is 2.28. The van der Waals surface area contributed by atoms with Crippen LogP contribution in [0.4, 0.5) is 0 Å². The van der Waals surface area contributed by atoms with E-state index in [1.54, 1.807) is 26.0 Å². The van der Waals surface area contributed by atoms with Crippen LogP contribution >= 0.6 is 0 Å². The lowest BCUT2D eigenvalue weighted by Crippen LogP contribution is -2.38. The van der Waals surface area contributed by atoms with E-state index < -0.39 is 5.60 Å². The lowest BCUT2D eigenvalue weighted by Gasteiger charge is -2.22. The molecule has 2 N–H and O–H groups in total. The molecule has 0 aliphatic carbocycles. The second-order valence-electron chi connectivity index (χ2n) is 6.09. The largest absolute Gasteiger partial charge is 0.494 e. The van der Waals surface area contributed by atoms with Crippen LogP contribution in [0.2, 0.25) is 0 Å². The van der Waals surface area contributed by atoms with Crippen LogP contribution < -0.4 is 10.1 Å². The molecule has 3 aromatic rings. The molecule has 2 aromatic heterocycles. The smallest absolute Gasteiger partial charge is 0.255 e. The van der Waals surface area contributed by atoms with Gasteiger partial charge in [0, 0.05) is 5.39 Å². The molecular weight excluding hydrogens is 320 g/mol. The van der Waals surface area contributed by atoms with E-state index in [9.17, 15) is 9.90 Å². The molecule has 1 aromatic carbocycles. The number of rotatable bonds is 5. The van der Waals surface area contributed by atoms with E-state index in [0.29, 0.717) is 33.7 Å². The Hall–Kier alpha value is -2.86. The highest BCUT2D eigenvalue weighted by atomic mass is 16.5. The highest BCUT2D eigenvalue weighted by molar-refractivity contribution is 6.08. The summed E-state index contributed by atoms with van der Waals surface area (Å²) >= 11 is 0. The van der Waals surface area contributed by atoms with Crippen molar-refractivity contribution in [3.63, 3.8) is 0 Å². The van der Waals surface area contributed by atoms with Gasteiger partial charge < -0.3 is 19.6 Å². The first-order chi connectivity index (χ1) is 11.9. The number of ether oxygens (including phenoxy) is 1. The van der Waals surface area contributed by atoms with Crippen molar-refractivity contribution in [2.75, 3.05) is 13.7 Å². The summed E-state index contributed by atoms with van der Waals surface area (Å²) in [7, 11) is 1.49. The molecule has 1 amide bonds. The molecule has 6 heteroatoms. The first kappa shape index (κ1) is 17.0. The summed E-state index contributed by atoms with van der Waals surface area (Å²) < 4.78 is 10.8. The number of para-hydroxylation sites is 1. The van der Waals surface area contributed by atoms with Crippen molar-refractivity contribution in [3.05, 3.63) is 59.7 Å². The summed E-state index contributed by atoms with van der Waals surface area (Å²) in [6.45, 7) is 3.39. The van der Waals surface area contributed by atoms with Crippen LogP contribution in [0.5, 0.6) is 5.75 Å². The van der Waals surface area contributed by atoms with E-state index >= 15 is 0 Å². The van der Waals surface area contributed by atoms with Crippen LogP contribution in [-0.2, 0) is 5.60 Å². The average Bonchev–Trinajstić information content (AvgIpc) is 3.06. The van der Waals surface area contributed by atoms with E-state index in [2.05, 4.69) is 10.3 Å². The minimum absolute atomic E-state index is 0.00140. The third kappa shape index (κ3) is 3.34. The minimum atomic E-state index is -1.32. The number of hydrogen-bond acceptors (Lipinski definition) is 5. The van der Waals surface area contributed by atoms with Crippen molar-refractivity contribution in [3.8, 4) is 5.75 Å². The van der Waals surface area contributed by atoms with Crippen molar-refractivity contribution in [2.45, 2.75) is 19.4 Å². The van der Waals surface area contributed by atoms with Crippen LogP contribution in [-0.4, -0.2) is 29.7 Å². The Labute approximate surface area is 145 Å². The molecule has 3 rings (SSSR count). The molecule has 25 heavy (non-hydrogen) atoms. The molecule has 0 saturated carbocycles. The van der Waals surface area contributed by atoms with Gasteiger partial charge >= 0.3 is 0 Å². The highest BCUT2D eigenvalue weighted by Crippen LogP contribution is 2.27. The molecule has 1 atom stereocenters. The maximum Gasteiger partial charge on any atom is 0.255 e. The summed E-state index contributed by atoms with van der Waals surface area (Å²) in [6, 6.07) is 10.8. The van der Waals surface area contributed by atoms with Crippen molar-refractivity contribution >= 4 is 16.8 Å². The van der Waals surface area contributed by atoms with Gasteiger partial charge in [-0.2, -0.15) is 0 Å². The Kier molecular flexibility index (Phi) is 4.46. The van der Waals surface area contributed by atoms with Gasteiger partial charge in [0.25, 0.3) is 5.91 Å².